The SMILES string of the molecule is NC(=O)c1cc(Cl)cc(-c2ccc3[nH]cnc3c2)c1-c1cc(F)cc(F)c1. The predicted molar refractivity (Wildman–Crippen MR) is 100 cm³/mol. The zero-order chi connectivity index (χ0) is 19.1. The summed E-state index contributed by atoms with van der Waals surface area (Å²) in [6.45, 7) is 0. The number of hydrogen-bond donors (Lipinski definition) is 2. The number of aromatic amines is 1. The number of nitrogens with zero attached hydrogens (tertiary/aromatic N) is 1. The number of primary amides is 1. The van der Waals surface area contributed by atoms with Crippen molar-refractivity contribution in [3.05, 3.63) is 77.1 Å². The van der Waals surface area contributed by atoms with Gasteiger partial charge in [-0.2, -0.15) is 0 Å². The molecule has 134 valence electrons. The third-order valence-electron chi connectivity index (χ3n) is 4.25. The van der Waals surface area contributed by atoms with Crippen molar-refractivity contribution in [2.24, 2.45) is 5.73 Å². The topological polar surface area (TPSA) is 71.8 Å². The van der Waals surface area contributed by atoms with Crippen LogP contribution in [0, 0.1) is 11.6 Å². The van der Waals surface area contributed by atoms with Crippen molar-refractivity contribution in [2.75, 3.05) is 0 Å². The molecule has 0 aliphatic heterocycles. The molecule has 1 aromatic heterocycles. The van der Waals surface area contributed by atoms with Gasteiger partial charge in [-0.1, -0.05) is 17.7 Å². The summed E-state index contributed by atoms with van der Waals surface area (Å²) < 4.78 is 27.7. The summed E-state index contributed by atoms with van der Waals surface area (Å²) in [7, 11) is 0. The lowest BCUT2D eigenvalue weighted by molar-refractivity contribution is 0.100. The minimum atomic E-state index is -0.760. The lowest BCUT2D eigenvalue weighted by Crippen LogP contribution is -2.13. The van der Waals surface area contributed by atoms with Gasteiger partial charge in [0.2, 0.25) is 5.91 Å². The molecule has 4 nitrogen and oxygen atoms in total. The Bertz CT molecular complexity index is 1180. The number of imidazole rings is 1. The van der Waals surface area contributed by atoms with Crippen molar-refractivity contribution in [1.82, 2.24) is 9.97 Å². The van der Waals surface area contributed by atoms with Gasteiger partial charge in [-0.3, -0.25) is 4.79 Å². The van der Waals surface area contributed by atoms with Gasteiger partial charge in [-0.25, -0.2) is 13.8 Å². The first-order valence-corrected chi connectivity index (χ1v) is 8.33. The van der Waals surface area contributed by atoms with Crippen molar-refractivity contribution < 1.29 is 13.6 Å². The first kappa shape index (κ1) is 17.2. The van der Waals surface area contributed by atoms with E-state index in [0.717, 1.165) is 23.7 Å². The molecule has 0 unspecified atom stereocenters. The molecule has 3 N–H and O–H groups in total. The molecule has 27 heavy (non-hydrogen) atoms. The number of H-pyrrole nitrogens is 1. The molecular formula is C20H12ClF2N3O. The lowest BCUT2D eigenvalue weighted by Gasteiger charge is -2.15. The fraction of sp³-hybridized carbons (Fsp3) is 0. The van der Waals surface area contributed by atoms with Gasteiger partial charge in [-0.15, -0.1) is 0 Å². The quantitative estimate of drug-likeness (QED) is 0.526. The van der Waals surface area contributed by atoms with Crippen LogP contribution in [0.2, 0.25) is 5.02 Å². The lowest BCUT2D eigenvalue weighted by atomic mass is 9.90. The second-order valence-electron chi connectivity index (χ2n) is 6.03. The van der Waals surface area contributed by atoms with E-state index >= 15 is 0 Å². The Kier molecular flexibility index (Phi) is 4.12. The average Bonchev–Trinajstić information content (AvgIpc) is 3.07. The van der Waals surface area contributed by atoms with Gasteiger partial charge in [0.15, 0.2) is 0 Å². The van der Waals surface area contributed by atoms with E-state index in [1.807, 2.05) is 6.07 Å². The highest BCUT2D eigenvalue weighted by atomic mass is 35.5. The van der Waals surface area contributed by atoms with Gasteiger partial charge < -0.3 is 10.7 Å². The number of nitrogens with one attached hydrogen (secondary N) is 1. The van der Waals surface area contributed by atoms with Crippen molar-refractivity contribution in [3.8, 4) is 22.3 Å². The maximum atomic E-state index is 13.8. The highest BCUT2D eigenvalue weighted by Gasteiger charge is 2.19. The molecule has 4 rings (SSSR count). The Hall–Kier alpha value is -3.25. The largest absolute Gasteiger partial charge is 0.366 e. The van der Waals surface area contributed by atoms with Gasteiger partial charge in [0.25, 0.3) is 0 Å². The molecule has 0 aliphatic rings. The molecule has 0 aliphatic carbocycles. The number of benzene rings is 3. The van der Waals surface area contributed by atoms with Crippen molar-refractivity contribution >= 4 is 28.5 Å². The van der Waals surface area contributed by atoms with E-state index in [-0.39, 0.29) is 16.1 Å². The summed E-state index contributed by atoms with van der Waals surface area (Å²) in [6.07, 6.45) is 1.56. The van der Waals surface area contributed by atoms with Crippen LogP contribution in [0.5, 0.6) is 0 Å². The Morgan fingerprint density at radius 1 is 1.00 bits per heavy atom. The number of rotatable bonds is 3. The zero-order valence-corrected chi connectivity index (χ0v) is 14.5. The number of aromatic nitrogens is 2. The van der Waals surface area contributed by atoms with E-state index in [2.05, 4.69) is 9.97 Å². The molecular weight excluding hydrogens is 372 g/mol. The summed E-state index contributed by atoms with van der Waals surface area (Å²) in [5, 5.41) is 0.279. The molecule has 1 heterocycles. The summed E-state index contributed by atoms with van der Waals surface area (Å²) in [4.78, 5) is 19.2. The maximum Gasteiger partial charge on any atom is 0.249 e. The van der Waals surface area contributed by atoms with Gasteiger partial charge in [0.1, 0.15) is 11.6 Å². The summed E-state index contributed by atoms with van der Waals surface area (Å²) in [5.74, 6) is -2.27. The van der Waals surface area contributed by atoms with E-state index in [9.17, 15) is 13.6 Å². The Morgan fingerprint density at radius 2 is 1.74 bits per heavy atom. The van der Waals surface area contributed by atoms with Crippen LogP contribution in [0.4, 0.5) is 8.78 Å². The number of hydrogen-bond acceptors (Lipinski definition) is 2. The number of halogens is 3. The molecule has 0 spiro atoms. The van der Waals surface area contributed by atoms with Crippen LogP contribution in [-0.4, -0.2) is 15.9 Å². The third-order valence-corrected chi connectivity index (χ3v) is 4.47. The van der Waals surface area contributed by atoms with Crippen molar-refractivity contribution in [3.63, 3.8) is 0 Å². The van der Waals surface area contributed by atoms with Crippen LogP contribution >= 0.6 is 11.6 Å². The predicted octanol–water partition coefficient (Wildman–Crippen LogP) is 4.93. The minimum absolute atomic E-state index is 0.0737. The Labute approximate surface area is 157 Å². The molecule has 7 heteroatoms. The Balaban J connectivity index is 2.07. The van der Waals surface area contributed by atoms with Crippen LogP contribution in [0.3, 0.4) is 0 Å². The standard InChI is InChI=1S/C20H12ClF2N3O/c21-12-6-15(10-1-2-17-18(5-10)26-9-25-17)19(16(7-12)20(24)27)11-3-13(22)8-14(23)4-11/h1-9H,(H2,24,27)(H,25,26). The average molecular weight is 384 g/mol. The minimum Gasteiger partial charge on any atom is -0.366 e. The normalized spacial score (nSPS) is 11.1. The first-order chi connectivity index (χ1) is 12.9. The van der Waals surface area contributed by atoms with E-state index in [1.54, 1.807) is 24.5 Å². The first-order valence-electron chi connectivity index (χ1n) is 7.96. The fourth-order valence-electron chi connectivity index (χ4n) is 3.14. The van der Waals surface area contributed by atoms with E-state index in [4.69, 9.17) is 17.3 Å². The van der Waals surface area contributed by atoms with Gasteiger partial charge in [0.05, 0.1) is 17.4 Å². The maximum absolute atomic E-state index is 13.8. The van der Waals surface area contributed by atoms with E-state index < -0.39 is 17.5 Å². The van der Waals surface area contributed by atoms with Crippen molar-refractivity contribution in [2.45, 2.75) is 0 Å². The third kappa shape index (κ3) is 3.15. The fourth-order valence-corrected chi connectivity index (χ4v) is 3.36. The molecule has 0 atom stereocenters. The Morgan fingerprint density at radius 3 is 2.44 bits per heavy atom. The molecule has 4 aromatic rings. The highest BCUT2D eigenvalue weighted by Crippen LogP contribution is 2.38. The van der Waals surface area contributed by atoms with E-state index in [1.165, 1.54) is 6.07 Å². The second-order valence-corrected chi connectivity index (χ2v) is 6.47. The second kappa shape index (κ2) is 6.48. The summed E-state index contributed by atoms with van der Waals surface area (Å²) in [5.41, 5.74) is 8.81. The number of carbonyl (C=O) groups is 1. The molecule has 0 saturated heterocycles. The van der Waals surface area contributed by atoms with Crippen LogP contribution in [0.1, 0.15) is 10.4 Å². The number of carbonyl (C=O) groups excluding carboxylic acids is 1. The smallest absolute Gasteiger partial charge is 0.249 e. The number of amides is 1. The molecule has 0 bridgehead atoms. The number of fused-ring (bicyclic) bond motifs is 1. The molecule has 0 saturated carbocycles. The zero-order valence-electron chi connectivity index (χ0n) is 13.8. The molecule has 3 aromatic carbocycles. The van der Waals surface area contributed by atoms with Gasteiger partial charge in [-0.05, 0) is 53.1 Å². The molecule has 1 amide bonds. The van der Waals surface area contributed by atoms with Crippen molar-refractivity contribution in [1.29, 1.82) is 0 Å². The van der Waals surface area contributed by atoms with Crippen LogP contribution in [0.15, 0.2) is 54.9 Å². The van der Waals surface area contributed by atoms with E-state index in [0.29, 0.717) is 22.2 Å². The summed E-state index contributed by atoms with van der Waals surface area (Å²) in [6, 6.07) is 11.5. The molecule has 0 fully saturated rings. The van der Waals surface area contributed by atoms with Crippen LogP contribution in [0.25, 0.3) is 33.3 Å². The monoisotopic (exact) mass is 383 g/mol. The van der Waals surface area contributed by atoms with Gasteiger partial charge >= 0.3 is 0 Å². The highest BCUT2D eigenvalue weighted by molar-refractivity contribution is 6.31. The van der Waals surface area contributed by atoms with Crippen LogP contribution in [-0.2, 0) is 0 Å². The molecule has 0 radical (unpaired) electrons. The summed E-state index contributed by atoms with van der Waals surface area (Å²) >= 11 is 6.19. The number of nitrogens with two attached hydrogens (primary N) is 1. The van der Waals surface area contributed by atoms with Gasteiger partial charge in [0, 0.05) is 22.2 Å². The van der Waals surface area contributed by atoms with Crippen LogP contribution < -0.4 is 5.73 Å².